The number of hydrogen-bond donors (Lipinski definition) is 2. The van der Waals surface area contributed by atoms with Crippen molar-refractivity contribution in [3.63, 3.8) is 0 Å². The Labute approximate surface area is 168 Å². The van der Waals surface area contributed by atoms with E-state index in [1.807, 2.05) is 18.4 Å². The molecule has 2 heterocycles. The van der Waals surface area contributed by atoms with Gasteiger partial charge in [-0.25, -0.2) is 0 Å². The molecule has 2 N–H and O–H groups in total. The summed E-state index contributed by atoms with van der Waals surface area (Å²) < 4.78 is 5.73. The highest BCUT2D eigenvalue weighted by Gasteiger charge is 2.13. The maximum atomic E-state index is 12.1. The van der Waals surface area contributed by atoms with Crippen LogP contribution in [0.5, 0.6) is 5.75 Å². The summed E-state index contributed by atoms with van der Waals surface area (Å²) in [6.07, 6.45) is 0. The summed E-state index contributed by atoms with van der Waals surface area (Å²) in [5.41, 5.74) is 1.71. The molecule has 1 aromatic carbocycles. The lowest BCUT2D eigenvalue weighted by Gasteiger charge is -2.06. The normalized spacial score (nSPS) is 10.4. The molecule has 27 heavy (non-hydrogen) atoms. The van der Waals surface area contributed by atoms with E-state index in [2.05, 4.69) is 20.8 Å². The summed E-state index contributed by atoms with van der Waals surface area (Å²) >= 11 is 3.87. The van der Waals surface area contributed by atoms with Crippen LogP contribution in [0.15, 0.2) is 40.1 Å². The number of carbonyl (C=O) groups is 2. The fourth-order valence-electron chi connectivity index (χ4n) is 2.05. The van der Waals surface area contributed by atoms with Crippen LogP contribution < -0.4 is 15.4 Å². The molecule has 2 amide bonds. The summed E-state index contributed by atoms with van der Waals surface area (Å²) in [4.78, 5) is 24.8. The van der Waals surface area contributed by atoms with Crippen LogP contribution in [-0.2, 0) is 4.79 Å². The number of nitrogens with zero attached hydrogens (tertiary/aromatic N) is 2. The number of anilines is 2. The molecule has 10 heteroatoms. The Kier molecular flexibility index (Phi) is 6.43. The number of amides is 2. The van der Waals surface area contributed by atoms with Gasteiger partial charge >= 0.3 is 0 Å². The molecule has 0 spiro atoms. The van der Waals surface area contributed by atoms with Gasteiger partial charge in [0, 0.05) is 11.8 Å². The lowest BCUT2D eigenvalue weighted by atomic mass is 10.3. The number of benzene rings is 1. The van der Waals surface area contributed by atoms with Crippen LogP contribution in [0, 0.1) is 6.92 Å². The number of aryl methyl sites for hydroxylation is 1. The van der Waals surface area contributed by atoms with E-state index in [4.69, 9.17) is 4.74 Å². The van der Waals surface area contributed by atoms with E-state index in [1.54, 1.807) is 31.4 Å². The van der Waals surface area contributed by atoms with Gasteiger partial charge in [-0.2, -0.15) is 0 Å². The summed E-state index contributed by atoms with van der Waals surface area (Å²) in [6.45, 7) is 1.93. The zero-order valence-electron chi connectivity index (χ0n) is 14.5. The van der Waals surface area contributed by atoms with Crippen molar-refractivity contribution >= 4 is 57.1 Å². The molecule has 0 saturated heterocycles. The van der Waals surface area contributed by atoms with Gasteiger partial charge in [-0.3, -0.25) is 14.9 Å². The minimum absolute atomic E-state index is 0.164. The predicted molar refractivity (Wildman–Crippen MR) is 109 cm³/mol. The summed E-state index contributed by atoms with van der Waals surface area (Å²) in [5, 5.41) is 15.8. The molecule has 0 fully saturated rings. The minimum atomic E-state index is -0.212. The molecular formula is C17H16N4O3S3. The maximum Gasteiger partial charge on any atom is 0.267 e. The Morgan fingerprint density at radius 2 is 2.07 bits per heavy atom. The van der Waals surface area contributed by atoms with E-state index < -0.39 is 0 Å². The molecule has 0 bridgehead atoms. The zero-order chi connectivity index (χ0) is 19.2. The number of thioether (sulfide) groups is 1. The molecule has 0 unspecified atom stereocenters. The van der Waals surface area contributed by atoms with E-state index in [0.717, 1.165) is 5.56 Å². The molecule has 0 aliphatic rings. The Hall–Kier alpha value is -2.43. The van der Waals surface area contributed by atoms with Gasteiger partial charge in [0.25, 0.3) is 5.91 Å². The number of rotatable bonds is 7. The molecule has 0 radical (unpaired) electrons. The fraction of sp³-hybridized carbons (Fsp3) is 0.176. The number of methoxy groups -OCH3 is 1. The molecule has 140 valence electrons. The van der Waals surface area contributed by atoms with Crippen LogP contribution in [0.3, 0.4) is 0 Å². The van der Waals surface area contributed by atoms with Crippen molar-refractivity contribution in [3.8, 4) is 5.75 Å². The largest absolute Gasteiger partial charge is 0.497 e. The highest BCUT2D eigenvalue weighted by Crippen LogP contribution is 2.26. The quantitative estimate of drug-likeness (QED) is 0.445. The van der Waals surface area contributed by atoms with Crippen LogP contribution in [0.4, 0.5) is 10.8 Å². The second-order valence-corrected chi connectivity index (χ2v) is 8.50. The third-order valence-corrected chi connectivity index (χ3v) is 6.28. The van der Waals surface area contributed by atoms with Crippen LogP contribution in [0.2, 0.25) is 0 Å². The van der Waals surface area contributed by atoms with Crippen LogP contribution in [0.25, 0.3) is 0 Å². The summed E-state index contributed by atoms with van der Waals surface area (Å²) in [7, 11) is 1.57. The zero-order valence-corrected chi connectivity index (χ0v) is 17.0. The van der Waals surface area contributed by atoms with Gasteiger partial charge in [0.2, 0.25) is 11.0 Å². The van der Waals surface area contributed by atoms with Gasteiger partial charge in [0.15, 0.2) is 4.34 Å². The first-order chi connectivity index (χ1) is 13.0. The third-order valence-electron chi connectivity index (χ3n) is 3.26. The van der Waals surface area contributed by atoms with E-state index >= 15 is 0 Å². The minimum Gasteiger partial charge on any atom is -0.497 e. The van der Waals surface area contributed by atoms with Gasteiger partial charge < -0.3 is 10.1 Å². The Balaban J connectivity index is 1.50. The van der Waals surface area contributed by atoms with E-state index in [-0.39, 0.29) is 17.6 Å². The predicted octanol–water partition coefficient (Wildman–Crippen LogP) is 3.90. The van der Waals surface area contributed by atoms with Crippen LogP contribution in [0.1, 0.15) is 15.2 Å². The average Bonchev–Trinajstić information content (AvgIpc) is 3.29. The van der Waals surface area contributed by atoms with Crippen molar-refractivity contribution in [1.29, 1.82) is 0 Å². The SMILES string of the molecule is COc1cccc(NC(=O)CSc2nnc(NC(=O)c3cc(C)cs3)s2)c1. The molecule has 0 aliphatic carbocycles. The molecule has 7 nitrogen and oxygen atoms in total. The lowest BCUT2D eigenvalue weighted by molar-refractivity contribution is -0.113. The van der Waals surface area contributed by atoms with Crippen molar-refractivity contribution in [3.05, 3.63) is 46.2 Å². The van der Waals surface area contributed by atoms with Crippen LogP contribution in [-0.4, -0.2) is 34.9 Å². The van der Waals surface area contributed by atoms with Gasteiger partial charge in [0.05, 0.1) is 17.7 Å². The van der Waals surface area contributed by atoms with Crippen molar-refractivity contribution in [2.45, 2.75) is 11.3 Å². The molecule has 0 saturated carbocycles. The second kappa shape index (κ2) is 8.98. The molecule has 2 aromatic heterocycles. The third kappa shape index (κ3) is 5.52. The highest BCUT2D eigenvalue weighted by molar-refractivity contribution is 8.01. The number of hydrogen-bond acceptors (Lipinski definition) is 8. The molecular weight excluding hydrogens is 404 g/mol. The lowest BCUT2D eigenvalue weighted by Crippen LogP contribution is -2.13. The smallest absolute Gasteiger partial charge is 0.267 e. The number of carbonyl (C=O) groups excluding carboxylic acids is 2. The van der Waals surface area contributed by atoms with Crippen molar-refractivity contribution in [2.75, 3.05) is 23.5 Å². The average molecular weight is 421 g/mol. The Bertz CT molecular complexity index is 954. The number of aromatic nitrogens is 2. The van der Waals surface area contributed by atoms with Gasteiger partial charge in [0.1, 0.15) is 5.75 Å². The monoisotopic (exact) mass is 420 g/mol. The molecule has 0 atom stereocenters. The Morgan fingerprint density at radius 1 is 1.22 bits per heavy atom. The van der Waals surface area contributed by atoms with Crippen molar-refractivity contribution < 1.29 is 14.3 Å². The fourth-order valence-corrected chi connectivity index (χ4v) is 4.39. The van der Waals surface area contributed by atoms with Crippen molar-refractivity contribution in [1.82, 2.24) is 10.2 Å². The number of nitrogens with one attached hydrogen (secondary N) is 2. The summed E-state index contributed by atoms with van der Waals surface area (Å²) in [6, 6.07) is 8.96. The highest BCUT2D eigenvalue weighted by atomic mass is 32.2. The van der Waals surface area contributed by atoms with Crippen LogP contribution >= 0.6 is 34.4 Å². The first-order valence-corrected chi connectivity index (χ1v) is 10.5. The topological polar surface area (TPSA) is 93.2 Å². The van der Waals surface area contributed by atoms with E-state index in [0.29, 0.717) is 25.8 Å². The standard InChI is InChI=1S/C17H16N4O3S3/c1-10-6-13(25-8-10)15(23)19-16-20-21-17(27-16)26-9-14(22)18-11-4-3-5-12(7-11)24-2/h3-8H,9H2,1-2H3,(H,18,22)(H,19,20,23). The second-order valence-electron chi connectivity index (χ2n) is 5.38. The Morgan fingerprint density at radius 3 is 2.81 bits per heavy atom. The summed E-state index contributed by atoms with van der Waals surface area (Å²) in [5.74, 6) is 0.481. The molecule has 0 aliphatic heterocycles. The maximum absolute atomic E-state index is 12.1. The first-order valence-electron chi connectivity index (χ1n) is 7.80. The van der Waals surface area contributed by atoms with Gasteiger partial charge in [-0.15, -0.1) is 21.5 Å². The number of thiophene rings is 1. The number of ether oxygens (including phenoxy) is 1. The van der Waals surface area contributed by atoms with E-state index in [1.165, 1.54) is 34.4 Å². The molecule has 3 aromatic rings. The van der Waals surface area contributed by atoms with Gasteiger partial charge in [-0.1, -0.05) is 29.2 Å². The van der Waals surface area contributed by atoms with Gasteiger partial charge in [-0.05, 0) is 36.1 Å². The molecule has 3 rings (SSSR count). The van der Waals surface area contributed by atoms with E-state index in [9.17, 15) is 9.59 Å². The van der Waals surface area contributed by atoms with Crippen molar-refractivity contribution in [2.24, 2.45) is 0 Å². The first kappa shape index (κ1) is 19.3.